The lowest BCUT2D eigenvalue weighted by Crippen LogP contribution is -2.35. The van der Waals surface area contributed by atoms with Gasteiger partial charge in [-0.25, -0.2) is 0 Å². The smallest absolute Gasteiger partial charge is 0.227 e. The fourth-order valence-corrected chi connectivity index (χ4v) is 4.47. The number of amides is 1. The Bertz CT molecular complexity index is 768. The van der Waals surface area contributed by atoms with Crippen LogP contribution < -0.4 is 10.6 Å². The van der Waals surface area contributed by atoms with Gasteiger partial charge >= 0.3 is 0 Å². The molecule has 4 rings (SSSR count). The van der Waals surface area contributed by atoms with Crippen molar-refractivity contribution in [3.8, 4) is 0 Å². The van der Waals surface area contributed by atoms with Gasteiger partial charge in [-0.15, -0.1) is 12.4 Å². The van der Waals surface area contributed by atoms with Crippen LogP contribution in [0.25, 0.3) is 0 Å². The van der Waals surface area contributed by atoms with Crippen molar-refractivity contribution in [1.82, 2.24) is 0 Å². The van der Waals surface area contributed by atoms with Crippen LogP contribution in [-0.4, -0.2) is 12.5 Å². The summed E-state index contributed by atoms with van der Waals surface area (Å²) in [5, 5.41) is 0. The SMILES string of the molecule is Cl.Nc1ccccc1CCC(=O)N1CC2(CCCC2)c2ccccc21. The lowest BCUT2D eigenvalue weighted by Gasteiger charge is -2.24. The molecule has 2 N–H and O–H groups in total. The molecule has 132 valence electrons. The van der Waals surface area contributed by atoms with E-state index < -0.39 is 0 Å². The number of para-hydroxylation sites is 2. The predicted octanol–water partition coefficient (Wildman–Crippen LogP) is 4.48. The van der Waals surface area contributed by atoms with E-state index in [0.717, 1.165) is 23.5 Å². The summed E-state index contributed by atoms with van der Waals surface area (Å²) in [5.41, 5.74) is 10.6. The Labute approximate surface area is 155 Å². The number of aryl methyl sites for hydroxylation is 1. The second kappa shape index (κ2) is 7.09. The van der Waals surface area contributed by atoms with Gasteiger partial charge in [0.25, 0.3) is 0 Å². The Balaban J connectivity index is 0.00000182. The molecule has 2 aromatic rings. The number of carbonyl (C=O) groups excluding carboxylic acids is 1. The summed E-state index contributed by atoms with van der Waals surface area (Å²) in [6.07, 6.45) is 6.18. The third-order valence-electron chi connectivity index (χ3n) is 5.75. The van der Waals surface area contributed by atoms with Gasteiger partial charge in [0, 0.05) is 29.8 Å². The molecule has 0 saturated heterocycles. The summed E-state index contributed by atoms with van der Waals surface area (Å²) in [4.78, 5) is 14.9. The highest BCUT2D eigenvalue weighted by molar-refractivity contribution is 5.96. The zero-order valence-corrected chi connectivity index (χ0v) is 15.2. The Kier molecular flexibility index (Phi) is 5.05. The van der Waals surface area contributed by atoms with Crippen LogP contribution in [0.5, 0.6) is 0 Å². The lowest BCUT2D eigenvalue weighted by atomic mass is 9.81. The van der Waals surface area contributed by atoms with Crippen LogP contribution in [0.4, 0.5) is 11.4 Å². The van der Waals surface area contributed by atoms with Crippen LogP contribution in [0, 0.1) is 0 Å². The highest BCUT2D eigenvalue weighted by Crippen LogP contribution is 2.50. The first-order valence-corrected chi connectivity index (χ1v) is 8.93. The molecule has 25 heavy (non-hydrogen) atoms. The van der Waals surface area contributed by atoms with E-state index in [1.165, 1.54) is 31.2 Å². The molecule has 2 aromatic carbocycles. The van der Waals surface area contributed by atoms with Crippen molar-refractivity contribution in [2.45, 2.75) is 43.9 Å². The topological polar surface area (TPSA) is 46.3 Å². The van der Waals surface area contributed by atoms with Gasteiger partial charge in [-0.1, -0.05) is 49.2 Å². The van der Waals surface area contributed by atoms with Gasteiger partial charge in [-0.05, 0) is 42.5 Å². The number of hydrogen-bond acceptors (Lipinski definition) is 2. The zero-order chi connectivity index (χ0) is 16.6. The van der Waals surface area contributed by atoms with Gasteiger partial charge in [-0.3, -0.25) is 4.79 Å². The summed E-state index contributed by atoms with van der Waals surface area (Å²) < 4.78 is 0. The molecule has 1 aliphatic heterocycles. The second-order valence-corrected chi connectivity index (χ2v) is 7.18. The zero-order valence-electron chi connectivity index (χ0n) is 14.4. The maximum absolute atomic E-state index is 12.9. The molecule has 0 aromatic heterocycles. The molecule has 1 fully saturated rings. The molecule has 3 nitrogen and oxygen atoms in total. The Morgan fingerprint density at radius 2 is 1.72 bits per heavy atom. The minimum atomic E-state index is 0. The molecular formula is C21H25ClN2O. The number of carbonyl (C=O) groups is 1. The van der Waals surface area contributed by atoms with E-state index in [4.69, 9.17) is 5.73 Å². The van der Waals surface area contributed by atoms with E-state index in [0.29, 0.717) is 12.8 Å². The number of anilines is 2. The summed E-state index contributed by atoms with van der Waals surface area (Å²) in [7, 11) is 0. The molecule has 0 unspecified atom stereocenters. The van der Waals surface area contributed by atoms with Gasteiger partial charge in [0.1, 0.15) is 0 Å². The number of hydrogen-bond donors (Lipinski definition) is 1. The summed E-state index contributed by atoms with van der Waals surface area (Å²) in [6.45, 7) is 0.857. The third-order valence-corrected chi connectivity index (χ3v) is 5.75. The van der Waals surface area contributed by atoms with Crippen LogP contribution in [0.1, 0.15) is 43.2 Å². The third kappa shape index (κ3) is 3.13. The number of rotatable bonds is 3. The second-order valence-electron chi connectivity index (χ2n) is 7.18. The van der Waals surface area contributed by atoms with Gasteiger partial charge in [0.2, 0.25) is 5.91 Å². The number of fused-ring (bicyclic) bond motifs is 2. The fourth-order valence-electron chi connectivity index (χ4n) is 4.47. The first-order chi connectivity index (χ1) is 11.7. The molecule has 0 atom stereocenters. The summed E-state index contributed by atoms with van der Waals surface area (Å²) in [5.74, 6) is 0.217. The van der Waals surface area contributed by atoms with E-state index in [1.807, 2.05) is 35.2 Å². The first kappa shape index (κ1) is 17.8. The Morgan fingerprint density at radius 3 is 2.48 bits per heavy atom. The van der Waals surface area contributed by atoms with Crippen molar-refractivity contribution in [3.63, 3.8) is 0 Å². The van der Waals surface area contributed by atoms with Gasteiger partial charge in [-0.2, -0.15) is 0 Å². The van der Waals surface area contributed by atoms with Gasteiger partial charge in [0.15, 0.2) is 0 Å². The van der Waals surface area contributed by atoms with Crippen molar-refractivity contribution >= 4 is 29.7 Å². The van der Waals surface area contributed by atoms with E-state index in [9.17, 15) is 4.79 Å². The number of halogens is 1. The molecule has 1 aliphatic carbocycles. The van der Waals surface area contributed by atoms with E-state index in [-0.39, 0.29) is 23.7 Å². The quantitative estimate of drug-likeness (QED) is 0.824. The largest absolute Gasteiger partial charge is 0.399 e. The molecular weight excluding hydrogens is 332 g/mol. The van der Waals surface area contributed by atoms with Crippen molar-refractivity contribution in [3.05, 3.63) is 59.7 Å². The van der Waals surface area contributed by atoms with Gasteiger partial charge < -0.3 is 10.6 Å². The van der Waals surface area contributed by atoms with Crippen molar-refractivity contribution in [2.75, 3.05) is 17.2 Å². The lowest BCUT2D eigenvalue weighted by molar-refractivity contribution is -0.118. The van der Waals surface area contributed by atoms with Crippen molar-refractivity contribution < 1.29 is 4.79 Å². The maximum Gasteiger partial charge on any atom is 0.227 e. The number of nitrogens with two attached hydrogens (primary N) is 1. The van der Waals surface area contributed by atoms with Crippen LogP contribution in [0.2, 0.25) is 0 Å². The standard InChI is InChI=1S/C21H24N2O.ClH/c22-18-9-3-1-7-16(18)11-12-20(24)23-15-21(13-5-6-14-21)17-8-2-4-10-19(17)23;/h1-4,7-10H,5-6,11-15,22H2;1H. The summed E-state index contributed by atoms with van der Waals surface area (Å²) in [6, 6.07) is 16.3. The first-order valence-electron chi connectivity index (χ1n) is 8.93. The van der Waals surface area contributed by atoms with Crippen LogP contribution in [0.15, 0.2) is 48.5 Å². The molecule has 4 heteroatoms. The Hall–Kier alpha value is -2.00. The average molecular weight is 357 g/mol. The highest BCUT2D eigenvalue weighted by Gasteiger charge is 2.45. The van der Waals surface area contributed by atoms with Crippen LogP contribution >= 0.6 is 12.4 Å². The molecule has 1 saturated carbocycles. The normalized spacial score (nSPS) is 17.4. The maximum atomic E-state index is 12.9. The monoisotopic (exact) mass is 356 g/mol. The molecule has 1 spiro atoms. The number of nitrogens with zero attached hydrogens (tertiary/aromatic N) is 1. The van der Waals surface area contributed by atoms with Crippen LogP contribution in [0.3, 0.4) is 0 Å². The van der Waals surface area contributed by atoms with E-state index in [2.05, 4.69) is 18.2 Å². The molecule has 0 radical (unpaired) electrons. The van der Waals surface area contributed by atoms with Crippen molar-refractivity contribution in [2.24, 2.45) is 0 Å². The van der Waals surface area contributed by atoms with Crippen molar-refractivity contribution in [1.29, 1.82) is 0 Å². The fraction of sp³-hybridized carbons (Fsp3) is 0.381. The minimum Gasteiger partial charge on any atom is -0.399 e. The molecule has 2 aliphatic rings. The van der Waals surface area contributed by atoms with Crippen LogP contribution in [-0.2, 0) is 16.6 Å². The molecule has 0 bridgehead atoms. The summed E-state index contributed by atoms with van der Waals surface area (Å²) >= 11 is 0. The van der Waals surface area contributed by atoms with Gasteiger partial charge in [0.05, 0.1) is 0 Å². The number of benzene rings is 2. The molecule has 1 heterocycles. The molecule has 1 amide bonds. The van der Waals surface area contributed by atoms with E-state index in [1.54, 1.807) is 0 Å². The average Bonchev–Trinajstić information content (AvgIpc) is 3.21. The number of nitrogen functional groups attached to an aromatic ring is 1. The van der Waals surface area contributed by atoms with E-state index >= 15 is 0 Å². The highest BCUT2D eigenvalue weighted by atomic mass is 35.5. The Morgan fingerprint density at radius 1 is 1.04 bits per heavy atom. The predicted molar refractivity (Wildman–Crippen MR) is 105 cm³/mol. The minimum absolute atomic E-state index is 0.